The average molecular weight is 264 g/mol. The number of nitrogens with zero attached hydrogens (tertiary/aromatic N) is 2. The van der Waals surface area contributed by atoms with Crippen LogP contribution in [0.5, 0.6) is 0 Å². The van der Waals surface area contributed by atoms with Crippen molar-refractivity contribution in [2.24, 2.45) is 13.0 Å². The molecule has 1 saturated heterocycles. The number of aryl methyl sites for hydroxylation is 1. The molecule has 0 saturated carbocycles. The standard InChI is InChI=1S/C14H24N4O/c1-11-13(10-17-18(11)2)9-16-14(19)6-5-12-4-3-7-15-8-12/h10,12,15H,3-9H2,1-2H3,(H,16,19). The first-order valence-electron chi connectivity index (χ1n) is 7.11. The number of carbonyl (C=O) groups is 1. The van der Waals surface area contributed by atoms with E-state index in [1.54, 1.807) is 0 Å². The van der Waals surface area contributed by atoms with Gasteiger partial charge in [-0.25, -0.2) is 0 Å². The highest BCUT2D eigenvalue weighted by molar-refractivity contribution is 5.75. The first-order valence-corrected chi connectivity index (χ1v) is 7.11. The molecule has 1 unspecified atom stereocenters. The Bertz CT molecular complexity index is 421. The maximum Gasteiger partial charge on any atom is 0.220 e. The Morgan fingerprint density at radius 1 is 1.63 bits per heavy atom. The normalized spacial score (nSPS) is 19.4. The van der Waals surface area contributed by atoms with Crippen molar-refractivity contribution in [3.05, 3.63) is 17.5 Å². The molecule has 106 valence electrons. The van der Waals surface area contributed by atoms with Crippen molar-refractivity contribution < 1.29 is 4.79 Å². The van der Waals surface area contributed by atoms with Gasteiger partial charge in [0.15, 0.2) is 0 Å². The van der Waals surface area contributed by atoms with Gasteiger partial charge in [0.2, 0.25) is 5.91 Å². The summed E-state index contributed by atoms with van der Waals surface area (Å²) in [7, 11) is 1.91. The van der Waals surface area contributed by atoms with Crippen LogP contribution in [-0.4, -0.2) is 28.8 Å². The highest BCUT2D eigenvalue weighted by atomic mass is 16.1. The molecule has 1 aliphatic rings. The van der Waals surface area contributed by atoms with Crippen LogP contribution < -0.4 is 10.6 Å². The molecule has 1 atom stereocenters. The third kappa shape index (κ3) is 4.06. The van der Waals surface area contributed by atoms with Crippen LogP contribution in [0.2, 0.25) is 0 Å². The van der Waals surface area contributed by atoms with E-state index in [9.17, 15) is 4.79 Å². The van der Waals surface area contributed by atoms with Crippen LogP contribution in [-0.2, 0) is 18.4 Å². The van der Waals surface area contributed by atoms with Gasteiger partial charge in [-0.3, -0.25) is 9.48 Å². The van der Waals surface area contributed by atoms with E-state index in [-0.39, 0.29) is 5.91 Å². The third-order valence-corrected chi connectivity index (χ3v) is 3.99. The van der Waals surface area contributed by atoms with Crippen molar-refractivity contribution in [3.63, 3.8) is 0 Å². The lowest BCUT2D eigenvalue weighted by Gasteiger charge is -2.22. The molecule has 0 bridgehead atoms. The second-order valence-corrected chi connectivity index (χ2v) is 5.41. The van der Waals surface area contributed by atoms with E-state index in [4.69, 9.17) is 0 Å². The zero-order valence-corrected chi connectivity index (χ0v) is 11.9. The molecular weight excluding hydrogens is 240 g/mol. The Hall–Kier alpha value is -1.36. The van der Waals surface area contributed by atoms with E-state index < -0.39 is 0 Å². The molecule has 2 heterocycles. The number of amides is 1. The topological polar surface area (TPSA) is 59.0 Å². The lowest BCUT2D eigenvalue weighted by Crippen LogP contribution is -2.31. The Balaban J connectivity index is 1.68. The number of piperidine rings is 1. The van der Waals surface area contributed by atoms with Gasteiger partial charge in [-0.1, -0.05) is 0 Å². The third-order valence-electron chi connectivity index (χ3n) is 3.99. The summed E-state index contributed by atoms with van der Waals surface area (Å²) in [6.07, 6.45) is 5.93. The fourth-order valence-electron chi connectivity index (χ4n) is 2.51. The van der Waals surface area contributed by atoms with Crippen LogP contribution in [0, 0.1) is 12.8 Å². The van der Waals surface area contributed by atoms with Gasteiger partial charge in [0, 0.05) is 31.3 Å². The number of nitrogens with one attached hydrogen (secondary N) is 2. The first-order chi connectivity index (χ1) is 9.16. The fourth-order valence-corrected chi connectivity index (χ4v) is 2.51. The molecule has 5 heteroatoms. The van der Waals surface area contributed by atoms with Gasteiger partial charge < -0.3 is 10.6 Å². The zero-order chi connectivity index (χ0) is 13.7. The Kier molecular flexibility index (Phi) is 4.96. The quantitative estimate of drug-likeness (QED) is 0.838. The van der Waals surface area contributed by atoms with Crippen LogP contribution in [0.25, 0.3) is 0 Å². The maximum absolute atomic E-state index is 11.8. The summed E-state index contributed by atoms with van der Waals surface area (Å²) in [4.78, 5) is 11.8. The molecule has 0 radical (unpaired) electrons. The van der Waals surface area contributed by atoms with Gasteiger partial charge in [-0.2, -0.15) is 5.10 Å². The van der Waals surface area contributed by atoms with Crippen LogP contribution in [0.4, 0.5) is 0 Å². The number of hydrogen-bond acceptors (Lipinski definition) is 3. The molecule has 2 rings (SSSR count). The SMILES string of the molecule is Cc1c(CNC(=O)CCC2CCCNC2)cnn1C. The molecule has 0 spiro atoms. The molecule has 1 amide bonds. The second kappa shape index (κ2) is 6.70. The molecule has 0 aliphatic carbocycles. The van der Waals surface area contributed by atoms with Crippen LogP contribution >= 0.6 is 0 Å². The smallest absolute Gasteiger partial charge is 0.220 e. The van der Waals surface area contributed by atoms with Gasteiger partial charge >= 0.3 is 0 Å². The molecular formula is C14H24N4O. The van der Waals surface area contributed by atoms with Crippen molar-refractivity contribution in [2.45, 2.75) is 39.2 Å². The minimum absolute atomic E-state index is 0.147. The van der Waals surface area contributed by atoms with E-state index in [0.717, 1.165) is 30.8 Å². The fraction of sp³-hybridized carbons (Fsp3) is 0.714. The lowest BCUT2D eigenvalue weighted by molar-refractivity contribution is -0.121. The van der Waals surface area contributed by atoms with E-state index in [2.05, 4.69) is 15.7 Å². The number of aromatic nitrogens is 2. The molecule has 19 heavy (non-hydrogen) atoms. The van der Waals surface area contributed by atoms with Gasteiger partial charge in [0.05, 0.1) is 6.20 Å². The van der Waals surface area contributed by atoms with Gasteiger partial charge in [-0.15, -0.1) is 0 Å². The predicted molar refractivity (Wildman–Crippen MR) is 74.6 cm³/mol. The minimum atomic E-state index is 0.147. The molecule has 0 aromatic carbocycles. The van der Waals surface area contributed by atoms with E-state index >= 15 is 0 Å². The van der Waals surface area contributed by atoms with Crippen molar-refractivity contribution in [3.8, 4) is 0 Å². The number of carbonyl (C=O) groups excluding carboxylic acids is 1. The predicted octanol–water partition coefficient (Wildman–Crippen LogP) is 1.12. The summed E-state index contributed by atoms with van der Waals surface area (Å²) in [5.41, 5.74) is 2.20. The average Bonchev–Trinajstić information content (AvgIpc) is 2.75. The van der Waals surface area contributed by atoms with Gasteiger partial charge in [0.25, 0.3) is 0 Å². The number of rotatable bonds is 5. The highest BCUT2D eigenvalue weighted by Crippen LogP contribution is 2.15. The Morgan fingerprint density at radius 2 is 2.47 bits per heavy atom. The molecule has 1 aromatic heterocycles. The van der Waals surface area contributed by atoms with Crippen LogP contribution in [0.3, 0.4) is 0 Å². The number of hydrogen-bond donors (Lipinski definition) is 2. The van der Waals surface area contributed by atoms with Crippen molar-refractivity contribution >= 4 is 5.91 Å². The Labute approximate surface area is 114 Å². The summed E-state index contributed by atoms with van der Waals surface area (Å²) < 4.78 is 1.83. The summed E-state index contributed by atoms with van der Waals surface area (Å²) in [5, 5.41) is 10.5. The summed E-state index contributed by atoms with van der Waals surface area (Å²) >= 11 is 0. The largest absolute Gasteiger partial charge is 0.352 e. The van der Waals surface area contributed by atoms with E-state index in [1.165, 1.54) is 12.8 Å². The molecule has 1 aromatic rings. The van der Waals surface area contributed by atoms with E-state index in [1.807, 2.05) is 24.9 Å². The molecule has 5 nitrogen and oxygen atoms in total. The summed E-state index contributed by atoms with van der Waals surface area (Å²) in [6, 6.07) is 0. The maximum atomic E-state index is 11.8. The Morgan fingerprint density at radius 3 is 3.11 bits per heavy atom. The molecule has 1 aliphatic heterocycles. The van der Waals surface area contributed by atoms with Crippen LogP contribution in [0.1, 0.15) is 36.9 Å². The lowest BCUT2D eigenvalue weighted by atomic mass is 9.94. The molecule has 2 N–H and O–H groups in total. The van der Waals surface area contributed by atoms with Crippen molar-refractivity contribution in [2.75, 3.05) is 13.1 Å². The van der Waals surface area contributed by atoms with E-state index in [0.29, 0.717) is 18.9 Å². The first kappa shape index (κ1) is 14.1. The van der Waals surface area contributed by atoms with Gasteiger partial charge in [-0.05, 0) is 45.2 Å². The molecule has 1 fully saturated rings. The van der Waals surface area contributed by atoms with Crippen molar-refractivity contribution in [1.29, 1.82) is 0 Å². The monoisotopic (exact) mass is 264 g/mol. The van der Waals surface area contributed by atoms with Crippen LogP contribution in [0.15, 0.2) is 6.20 Å². The zero-order valence-electron chi connectivity index (χ0n) is 11.9. The highest BCUT2D eigenvalue weighted by Gasteiger charge is 2.14. The second-order valence-electron chi connectivity index (χ2n) is 5.41. The minimum Gasteiger partial charge on any atom is -0.352 e. The van der Waals surface area contributed by atoms with Crippen molar-refractivity contribution in [1.82, 2.24) is 20.4 Å². The van der Waals surface area contributed by atoms with Gasteiger partial charge in [0.1, 0.15) is 0 Å². The summed E-state index contributed by atoms with van der Waals surface area (Å²) in [5.74, 6) is 0.813. The summed E-state index contributed by atoms with van der Waals surface area (Å²) in [6.45, 7) is 4.79.